The Morgan fingerprint density at radius 1 is 1.43 bits per heavy atom. The van der Waals surface area contributed by atoms with Crippen LogP contribution in [0.5, 0.6) is 0 Å². The van der Waals surface area contributed by atoms with Crippen molar-refractivity contribution < 1.29 is 13.5 Å². The van der Waals surface area contributed by atoms with E-state index in [9.17, 15) is 13.5 Å². The minimum atomic E-state index is -3.28. The van der Waals surface area contributed by atoms with Gasteiger partial charge in [-0.3, -0.25) is 9.58 Å². The van der Waals surface area contributed by atoms with E-state index in [0.29, 0.717) is 19.6 Å². The van der Waals surface area contributed by atoms with Crippen LogP contribution in [0.2, 0.25) is 0 Å². The van der Waals surface area contributed by atoms with Crippen molar-refractivity contribution in [2.24, 2.45) is 5.92 Å². The van der Waals surface area contributed by atoms with Gasteiger partial charge in [-0.2, -0.15) is 5.10 Å². The number of likely N-dealkylation sites (tertiary alicyclic amines) is 1. The van der Waals surface area contributed by atoms with Crippen LogP contribution in [0.25, 0.3) is 0 Å². The first-order valence-electron chi connectivity index (χ1n) is 7.14. The van der Waals surface area contributed by atoms with E-state index in [1.165, 1.54) is 18.4 Å². The van der Waals surface area contributed by atoms with Crippen molar-refractivity contribution in [2.45, 2.75) is 26.1 Å². The average Bonchev–Trinajstić information content (AvgIpc) is 2.97. The van der Waals surface area contributed by atoms with Gasteiger partial charge in [0.15, 0.2) is 0 Å². The molecule has 120 valence electrons. The average molecular weight is 316 g/mol. The van der Waals surface area contributed by atoms with Crippen molar-refractivity contribution in [1.29, 1.82) is 0 Å². The summed E-state index contributed by atoms with van der Waals surface area (Å²) in [5.41, 5.74) is 0.945. The Hall–Kier alpha value is -0.960. The number of aliphatic hydroxyl groups is 1. The van der Waals surface area contributed by atoms with E-state index in [0.717, 1.165) is 12.2 Å². The topological polar surface area (TPSA) is 78.7 Å². The number of aromatic nitrogens is 2. The fourth-order valence-electron chi connectivity index (χ4n) is 2.55. The second-order valence-corrected chi connectivity index (χ2v) is 7.97. The number of nitrogens with zero attached hydrogens (tertiary/aromatic N) is 4. The van der Waals surface area contributed by atoms with Gasteiger partial charge in [-0.1, -0.05) is 0 Å². The third-order valence-corrected chi connectivity index (χ3v) is 5.83. The summed E-state index contributed by atoms with van der Waals surface area (Å²) in [6.45, 7) is 4.56. The lowest BCUT2D eigenvalue weighted by Gasteiger charge is -2.17. The molecule has 2 heterocycles. The number of hydrogen-bond donors (Lipinski definition) is 1. The zero-order valence-corrected chi connectivity index (χ0v) is 13.6. The molecule has 0 unspecified atom stereocenters. The molecular formula is C13H24N4O3S. The molecule has 0 aliphatic carbocycles. The van der Waals surface area contributed by atoms with Crippen LogP contribution < -0.4 is 0 Å². The van der Waals surface area contributed by atoms with Crippen LogP contribution in [0.3, 0.4) is 0 Å². The summed E-state index contributed by atoms with van der Waals surface area (Å²) in [6, 6.07) is 1.96. The van der Waals surface area contributed by atoms with Crippen LogP contribution in [-0.2, 0) is 23.1 Å². The monoisotopic (exact) mass is 316 g/mol. The van der Waals surface area contributed by atoms with Gasteiger partial charge in [0.25, 0.3) is 0 Å². The highest BCUT2D eigenvalue weighted by Crippen LogP contribution is 2.21. The second-order valence-electron chi connectivity index (χ2n) is 5.75. The number of aliphatic hydroxyl groups excluding tert-OH is 1. The molecule has 0 saturated carbocycles. The van der Waals surface area contributed by atoms with E-state index < -0.39 is 16.1 Å². The fourth-order valence-corrected chi connectivity index (χ4v) is 3.71. The maximum absolute atomic E-state index is 11.9. The molecule has 0 spiro atoms. The van der Waals surface area contributed by atoms with E-state index >= 15 is 0 Å². The number of hydrogen-bond acceptors (Lipinski definition) is 5. The summed E-state index contributed by atoms with van der Waals surface area (Å²) in [5, 5.41) is 14.5. The number of aryl methyl sites for hydroxylation is 1. The Morgan fingerprint density at radius 3 is 2.71 bits per heavy atom. The van der Waals surface area contributed by atoms with E-state index in [4.69, 9.17) is 0 Å². The summed E-state index contributed by atoms with van der Waals surface area (Å²) >= 11 is 0. The third-order valence-electron chi connectivity index (χ3n) is 3.87. The number of rotatable bonds is 6. The lowest BCUT2D eigenvalue weighted by atomic mass is 10.1. The van der Waals surface area contributed by atoms with Crippen molar-refractivity contribution in [3.63, 3.8) is 0 Å². The zero-order valence-electron chi connectivity index (χ0n) is 12.8. The quantitative estimate of drug-likeness (QED) is 0.772. The maximum atomic E-state index is 11.9. The molecule has 1 aliphatic heterocycles. The first-order chi connectivity index (χ1) is 9.81. The minimum absolute atomic E-state index is 0.0128. The first-order valence-corrected chi connectivity index (χ1v) is 8.75. The van der Waals surface area contributed by atoms with E-state index in [-0.39, 0.29) is 11.7 Å². The van der Waals surface area contributed by atoms with Gasteiger partial charge in [0.05, 0.1) is 17.6 Å². The molecule has 1 aromatic rings. The highest BCUT2D eigenvalue weighted by Gasteiger charge is 2.35. The van der Waals surface area contributed by atoms with Crippen LogP contribution in [0, 0.1) is 5.92 Å². The molecule has 0 radical (unpaired) electrons. The van der Waals surface area contributed by atoms with Gasteiger partial charge in [-0.05, 0) is 13.0 Å². The maximum Gasteiger partial charge on any atom is 0.214 e. The van der Waals surface area contributed by atoms with E-state index in [2.05, 4.69) is 10.00 Å². The zero-order chi connectivity index (χ0) is 15.6. The molecule has 1 N–H and O–H groups in total. The summed E-state index contributed by atoms with van der Waals surface area (Å²) in [7, 11) is -0.244. The van der Waals surface area contributed by atoms with E-state index in [1.54, 1.807) is 0 Å². The molecule has 0 amide bonds. The van der Waals surface area contributed by atoms with Crippen molar-refractivity contribution in [1.82, 2.24) is 19.0 Å². The van der Waals surface area contributed by atoms with Gasteiger partial charge >= 0.3 is 0 Å². The molecule has 2 rings (SSSR count). The lowest BCUT2D eigenvalue weighted by Crippen LogP contribution is -2.33. The molecule has 1 aliphatic rings. The summed E-state index contributed by atoms with van der Waals surface area (Å²) < 4.78 is 26.9. The Kier molecular flexibility index (Phi) is 5.03. The molecule has 0 bridgehead atoms. The summed E-state index contributed by atoms with van der Waals surface area (Å²) in [4.78, 5) is 2.06. The Bertz CT molecular complexity index is 570. The third kappa shape index (κ3) is 4.03. The predicted molar refractivity (Wildman–Crippen MR) is 80.1 cm³/mol. The molecule has 8 heteroatoms. The highest BCUT2D eigenvalue weighted by molar-refractivity contribution is 7.89. The van der Waals surface area contributed by atoms with Gasteiger partial charge in [0.2, 0.25) is 10.0 Å². The van der Waals surface area contributed by atoms with Crippen molar-refractivity contribution in [3.8, 4) is 0 Å². The van der Waals surface area contributed by atoms with Crippen LogP contribution in [0.1, 0.15) is 12.6 Å². The fraction of sp³-hybridized carbons (Fsp3) is 0.769. The standard InChI is InChI=1S/C13H24N4O3S/c1-4-17-6-5-12(14-17)8-16-7-11(13(18)9-16)10-21(19,20)15(2)3/h5-6,11,13,18H,4,7-10H2,1-3H3/t11-,13-/m0/s1. The van der Waals surface area contributed by atoms with Gasteiger partial charge < -0.3 is 5.11 Å². The van der Waals surface area contributed by atoms with Crippen molar-refractivity contribution in [2.75, 3.05) is 32.9 Å². The Labute approximate surface area is 126 Å². The van der Waals surface area contributed by atoms with Crippen LogP contribution in [-0.4, -0.2) is 71.6 Å². The van der Waals surface area contributed by atoms with Crippen LogP contribution in [0.4, 0.5) is 0 Å². The molecule has 7 nitrogen and oxygen atoms in total. The SMILES string of the molecule is CCn1ccc(CN2C[C@@H](CS(=O)(=O)N(C)C)[C@@H](O)C2)n1. The largest absolute Gasteiger partial charge is 0.391 e. The van der Waals surface area contributed by atoms with Crippen molar-refractivity contribution >= 4 is 10.0 Å². The molecule has 1 aromatic heterocycles. The van der Waals surface area contributed by atoms with Crippen LogP contribution >= 0.6 is 0 Å². The predicted octanol–water partition coefficient (Wildman–Crippen LogP) is -0.413. The Balaban J connectivity index is 1.94. The lowest BCUT2D eigenvalue weighted by molar-refractivity contribution is 0.148. The summed E-state index contributed by atoms with van der Waals surface area (Å²) in [5.74, 6) is -0.258. The van der Waals surface area contributed by atoms with Crippen molar-refractivity contribution in [3.05, 3.63) is 18.0 Å². The number of sulfonamides is 1. The second kappa shape index (κ2) is 6.43. The van der Waals surface area contributed by atoms with Gasteiger partial charge in [-0.15, -0.1) is 0 Å². The minimum Gasteiger partial charge on any atom is -0.391 e. The van der Waals surface area contributed by atoms with Gasteiger partial charge in [0, 0.05) is 52.4 Å². The smallest absolute Gasteiger partial charge is 0.214 e. The number of β-amino-alcohol motifs (C(OH)–C–C–N with tert-alkyl or cyclic N) is 1. The molecular weight excluding hydrogens is 292 g/mol. The van der Waals surface area contributed by atoms with Gasteiger partial charge in [0.1, 0.15) is 0 Å². The molecule has 2 atom stereocenters. The highest BCUT2D eigenvalue weighted by atomic mass is 32.2. The molecule has 21 heavy (non-hydrogen) atoms. The Morgan fingerprint density at radius 2 is 2.14 bits per heavy atom. The molecule has 1 saturated heterocycles. The first kappa shape index (κ1) is 16.4. The normalized spacial score (nSPS) is 24.0. The summed E-state index contributed by atoms with van der Waals surface area (Å²) in [6.07, 6.45) is 1.32. The van der Waals surface area contributed by atoms with Gasteiger partial charge in [-0.25, -0.2) is 12.7 Å². The molecule has 0 aromatic carbocycles. The molecule has 1 fully saturated rings. The van der Waals surface area contributed by atoms with Crippen LogP contribution in [0.15, 0.2) is 12.3 Å². The van der Waals surface area contributed by atoms with E-state index in [1.807, 2.05) is 23.9 Å².